The first-order valence-corrected chi connectivity index (χ1v) is 4.56. The minimum atomic E-state index is -0.906. The largest absolute Gasteiger partial charge is 0.465 e. The lowest BCUT2D eigenvalue weighted by molar-refractivity contribution is -0.112. The zero-order chi connectivity index (χ0) is 9.84. The fourth-order valence-corrected chi connectivity index (χ4v) is 1.83. The molecule has 0 spiro atoms. The second-order valence-corrected chi connectivity index (χ2v) is 3.61. The predicted molar refractivity (Wildman–Crippen MR) is 47.6 cm³/mol. The Morgan fingerprint density at radius 2 is 2.23 bits per heavy atom. The number of carboxylic acid groups (broad SMARTS) is 1. The van der Waals surface area contributed by atoms with E-state index in [4.69, 9.17) is 5.11 Å². The molecular formula is C9H15NO3. The van der Waals surface area contributed by atoms with Crippen LogP contribution in [0, 0.1) is 5.92 Å². The van der Waals surface area contributed by atoms with Gasteiger partial charge in [-0.25, -0.2) is 4.79 Å². The molecule has 0 aromatic heterocycles. The van der Waals surface area contributed by atoms with E-state index in [9.17, 15) is 9.59 Å². The molecule has 2 unspecified atom stereocenters. The summed E-state index contributed by atoms with van der Waals surface area (Å²) in [6, 6.07) is 0.0291. The van der Waals surface area contributed by atoms with Crippen molar-refractivity contribution < 1.29 is 14.7 Å². The van der Waals surface area contributed by atoms with Gasteiger partial charge in [0.25, 0.3) is 0 Å². The van der Waals surface area contributed by atoms with E-state index in [2.05, 4.69) is 0 Å². The van der Waals surface area contributed by atoms with E-state index in [1.165, 1.54) is 4.90 Å². The molecule has 1 aliphatic rings. The normalized spacial score (nSPS) is 28.1. The zero-order valence-electron chi connectivity index (χ0n) is 7.77. The summed E-state index contributed by atoms with van der Waals surface area (Å²) in [4.78, 5) is 22.5. The minimum absolute atomic E-state index is 0.0291. The number of carbonyl (C=O) groups is 2. The highest BCUT2D eigenvalue weighted by atomic mass is 16.4. The van der Waals surface area contributed by atoms with Crippen molar-refractivity contribution in [2.75, 3.05) is 7.05 Å². The Hall–Kier alpha value is -1.06. The molecule has 13 heavy (non-hydrogen) atoms. The standard InChI is InChI=1S/C9H15NO3/c1-10(9(12)13)8-4-2-3-7(5-8)6-11/h6-8H,2-5H2,1H3,(H,12,13). The van der Waals surface area contributed by atoms with Crippen molar-refractivity contribution in [2.24, 2.45) is 5.92 Å². The first kappa shape index (κ1) is 10.0. The lowest BCUT2D eigenvalue weighted by Crippen LogP contribution is -2.39. The summed E-state index contributed by atoms with van der Waals surface area (Å²) in [5.74, 6) is 0.0561. The maximum absolute atomic E-state index is 10.6. The molecule has 0 aromatic carbocycles. The molecule has 0 radical (unpaired) electrons. The van der Waals surface area contributed by atoms with Gasteiger partial charge in [0.1, 0.15) is 6.29 Å². The molecule has 2 atom stereocenters. The highest BCUT2D eigenvalue weighted by Gasteiger charge is 2.26. The van der Waals surface area contributed by atoms with Crippen molar-refractivity contribution in [1.29, 1.82) is 0 Å². The van der Waals surface area contributed by atoms with Crippen LogP contribution in [0.25, 0.3) is 0 Å². The third-order valence-corrected chi connectivity index (χ3v) is 2.73. The van der Waals surface area contributed by atoms with Crippen molar-refractivity contribution in [3.8, 4) is 0 Å². The fourth-order valence-electron chi connectivity index (χ4n) is 1.83. The molecule has 0 aromatic rings. The maximum atomic E-state index is 10.6. The van der Waals surface area contributed by atoms with E-state index in [0.717, 1.165) is 25.5 Å². The summed E-state index contributed by atoms with van der Waals surface area (Å²) < 4.78 is 0. The fraction of sp³-hybridized carbons (Fsp3) is 0.778. The minimum Gasteiger partial charge on any atom is -0.465 e. The summed E-state index contributed by atoms with van der Waals surface area (Å²) in [6.07, 6.45) is 3.47. The number of nitrogens with zero attached hydrogens (tertiary/aromatic N) is 1. The number of hydrogen-bond acceptors (Lipinski definition) is 2. The van der Waals surface area contributed by atoms with Gasteiger partial charge in [-0.15, -0.1) is 0 Å². The monoisotopic (exact) mass is 185 g/mol. The molecule has 1 amide bonds. The van der Waals surface area contributed by atoms with Gasteiger partial charge in [0.05, 0.1) is 0 Å². The number of aldehydes is 1. The Labute approximate surface area is 77.5 Å². The molecular weight excluding hydrogens is 170 g/mol. The van der Waals surface area contributed by atoms with Crippen LogP contribution in [0.1, 0.15) is 25.7 Å². The topological polar surface area (TPSA) is 57.6 Å². The van der Waals surface area contributed by atoms with Crippen molar-refractivity contribution in [3.05, 3.63) is 0 Å². The Morgan fingerprint density at radius 3 is 2.77 bits per heavy atom. The van der Waals surface area contributed by atoms with Crippen LogP contribution in [0.15, 0.2) is 0 Å². The van der Waals surface area contributed by atoms with Crippen LogP contribution in [0.4, 0.5) is 4.79 Å². The first-order valence-electron chi connectivity index (χ1n) is 4.56. The number of rotatable bonds is 2. The lowest BCUT2D eigenvalue weighted by atomic mass is 9.86. The van der Waals surface area contributed by atoms with Crippen LogP contribution in [-0.4, -0.2) is 35.5 Å². The Morgan fingerprint density at radius 1 is 1.54 bits per heavy atom. The molecule has 1 fully saturated rings. The molecule has 4 heteroatoms. The molecule has 1 rings (SSSR count). The number of hydrogen-bond donors (Lipinski definition) is 1. The third kappa shape index (κ3) is 2.44. The predicted octanol–water partition coefficient (Wildman–Crippen LogP) is 1.35. The highest BCUT2D eigenvalue weighted by molar-refractivity contribution is 5.65. The summed E-state index contributed by atoms with van der Waals surface area (Å²) in [5.41, 5.74) is 0. The molecule has 1 aliphatic carbocycles. The lowest BCUT2D eigenvalue weighted by Gasteiger charge is -2.31. The van der Waals surface area contributed by atoms with Crippen LogP contribution >= 0.6 is 0 Å². The molecule has 0 aliphatic heterocycles. The van der Waals surface area contributed by atoms with Crippen molar-refractivity contribution >= 4 is 12.4 Å². The van der Waals surface area contributed by atoms with Crippen molar-refractivity contribution in [3.63, 3.8) is 0 Å². The Bertz CT molecular complexity index is 205. The van der Waals surface area contributed by atoms with Crippen molar-refractivity contribution in [2.45, 2.75) is 31.7 Å². The molecule has 1 saturated carbocycles. The van der Waals surface area contributed by atoms with Gasteiger partial charge in [0.15, 0.2) is 0 Å². The van der Waals surface area contributed by atoms with Gasteiger partial charge in [0.2, 0.25) is 0 Å². The summed E-state index contributed by atoms with van der Waals surface area (Å²) >= 11 is 0. The average molecular weight is 185 g/mol. The van der Waals surface area contributed by atoms with Crippen LogP contribution in [0.5, 0.6) is 0 Å². The van der Waals surface area contributed by atoms with Gasteiger partial charge < -0.3 is 14.8 Å². The molecule has 74 valence electrons. The van der Waals surface area contributed by atoms with Crippen LogP contribution in [0.2, 0.25) is 0 Å². The average Bonchev–Trinajstić information content (AvgIpc) is 2.16. The summed E-state index contributed by atoms with van der Waals surface area (Å²) in [7, 11) is 1.57. The molecule has 0 heterocycles. The second-order valence-electron chi connectivity index (χ2n) is 3.61. The third-order valence-electron chi connectivity index (χ3n) is 2.73. The zero-order valence-corrected chi connectivity index (χ0v) is 7.77. The van der Waals surface area contributed by atoms with Gasteiger partial charge in [-0.1, -0.05) is 6.42 Å². The SMILES string of the molecule is CN(C(=O)O)C1CCCC(C=O)C1. The van der Waals surface area contributed by atoms with E-state index in [-0.39, 0.29) is 12.0 Å². The summed E-state index contributed by atoms with van der Waals surface area (Å²) in [5, 5.41) is 8.73. The smallest absolute Gasteiger partial charge is 0.407 e. The van der Waals surface area contributed by atoms with Crippen LogP contribution in [0.3, 0.4) is 0 Å². The van der Waals surface area contributed by atoms with Gasteiger partial charge >= 0.3 is 6.09 Å². The van der Waals surface area contributed by atoms with Crippen LogP contribution in [-0.2, 0) is 4.79 Å². The molecule has 1 N–H and O–H groups in total. The van der Waals surface area contributed by atoms with E-state index in [1.54, 1.807) is 7.05 Å². The van der Waals surface area contributed by atoms with Gasteiger partial charge in [-0.2, -0.15) is 0 Å². The van der Waals surface area contributed by atoms with Gasteiger partial charge in [-0.05, 0) is 19.3 Å². The molecule has 0 saturated heterocycles. The molecule has 0 bridgehead atoms. The maximum Gasteiger partial charge on any atom is 0.407 e. The van der Waals surface area contributed by atoms with Crippen molar-refractivity contribution in [1.82, 2.24) is 4.90 Å². The summed E-state index contributed by atoms with van der Waals surface area (Å²) in [6.45, 7) is 0. The Kier molecular flexibility index (Phi) is 3.28. The number of carbonyl (C=O) groups excluding carboxylic acids is 1. The van der Waals surface area contributed by atoms with Gasteiger partial charge in [0, 0.05) is 19.0 Å². The molecule has 4 nitrogen and oxygen atoms in total. The highest BCUT2D eigenvalue weighted by Crippen LogP contribution is 2.25. The van der Waals surface area contributed by atoms with Gasteiger partial charge in [-0.3, -0.25) is 0 Å². The number of amides is 1. The van der Waals surface area contributed by atoms with Crippen LogP contribution < -0.4 is 0 Å². The second kappa shape index (κ2) is 4.25. The quantitative estimate of drug-likeness (QED) is 0.661. The van der Waals surface area contributed by atoms with E-state index < -0.39 is 6.09 Å². The first-order chi connectivity index (χ1) is 6.15. The van der Waals surface area contributed by atoms with E-state index in [1.807, 2.05) is 0 Å². The van der Waals surface area contributed by atoms with E-state index in [0.29, 0.717) is 6.42 Å². The Balaban J connectivity index is 2.50. The van der Waals surface area contributed by atoms with E-state index >= 15 is 0 Å².